The Kier molecular flexibility index (Phi) is 5.17. The third kappa shape index (κ3) is 5.06. The van der Waals surface area contributed by atoms with E-state index in [2.05, 4.69) is 15.5 Å². The van der Waals surface area contributed by atoms with E-state index in [-0.39, 0.29) is 17.8 Å². The maximum absolute atomic E-state index is 11.8. The Morgan fingerprint density at radius 3 is 2.53 bits per heavy atom. The number of carbonyl (C=O) groups is 1. The summed E-state index contributed by atoms with van der Waals surface area (Å²) in [5.74, 6) is 0.961. The molecular formula is C12H20ClN3O3. The van der Waals surface area contributed by atoms with E-state index in [0.29, 0.717) is 11.7 Å². The molecule has 0 saturated heterocycles. The lowest BCUT2D eigenvalue weighted by molar-refractivity contribution is 0.0486. The normalized spacial score (nSPS) is 13.4. The van der Waals surface area contributed by atoms with Crippen LogP contribution in [0.5, 0.6) is 0 Å². The molecule has 1 N–H and O–H groups in total. The number of alkyl halides is 1. The molecule has 0 bridgehead atoms. The summed E-state index contributed by atoms with van der Waals surface area (Å²) in [5.41, 5.74) is -0.551. The van der Waals surface area contributed by atoms with Crippen LogP contribution in [0.2, 0.25) is 0 Å². The number of nitrogens with one attached hydrogen (secondary N) is 1. The molecule has 108 valence electrons. The number of rotatable bonds is 4. The summed E-state index contributed by atoms with van der Waals surface area (Å²) in [6.07, 6.45) is -0.511. The van der Waals surface area contributed by atoms with Crippen LogP contribution in [0.3, 0.4) is 0 Å². The molecular weight excluding hydrogens is 270 g/mol. The van der Waals surface area contributed by atoms with Gasteiger partial charge in [-0.2, -0.15) is 4.98 Å². The summed E-state index contributed by atoms with van der Waals surface area (Å²) in [6.45, 7) is 9.29. The lowest BCUT2D eigenvalue weighted by Gasteiger charge is -2.23. The average Bonchev–Trinajstić information content (AvgIpc) is 2.71. The maximum Gasteiger partial charge on any atom is 0.408 e. The van der Waals surface area contributed by atoms with Crippen LogP contribution in [0.1, 0.15) is 52.4 Å². The van der Waals surface area contributed by atoms with Crippen LogP contribution in [0, 0.1) is 5.92 Å². The molecule has 1 amide bonds. The maximum atomic E-state index is 11.8. The monoisotopic (exact) mass is 289 g/mol. The summed E-state index contributed by atoms with van der Waals surface area (Å²) < 4.78 is 10.2. The fourth-order valence-electron chi connectivity index (χ4n) is 1.41. The van der Waals surface area contributed by atoms with E-state index in [1.165, 1.54) is 0 Å². The minimum absolute atomic E-state index is 0.0910. The van der Waals surface area contributed by atoms with Gasteiger partial charge in [-0.1, -0.05) is 19.0 Å². The Balaban J connectivity index is 2.76. The number of nitrogens with zero attached hydrogens (tertiary/aromatic N) is 2. The van der Waals surface area contributed by atoms with Gasteiger partial charge in [0.25, 0.3) is 0 Å². The first-order valence-electron chi connectivity index (χ1n) is 6.11. The Hall–Kier alpha value is -1.30. The second-order valence-corrected chi connectivity index (χ2v) is 5.82. The van der Waals surface area contributed by atoms with Gasteiger partial charge in [0.1, 0.15) is 11.5 Å². The minimum atomic E-state index is -0.551. The lowest BCUT2D eigenvalue weighted by Crippen LogP contribution is -2.37. The van der Waals surface area contributed by atoms with Gasteiger partial charge >= 0.3 is 6.09 Å². The number of carbonyl (C=O) groups excluding carboxylic acids is 1. The van der Waals surface area contributed by atoms with Crippen molar-refractivity contribution in [3.8, 4) is 0 Å². The number of aromatic nitrogens is 2. The molecule has 1 rings (SSSR count). The van der Waals surface area contributed by atoms with E-state index >= 15 is 0 Å². The number of hydrogen-bond donors (Lipinski definition) is 1. The molecule has 0 fully saturated rings. The predicted molar refractivity (Wildman–Crippen MR) is 70.8 cm³/mol. The smallest absolute Gasteiger partial charge is 0.408 e. The third-order valence-electron chi connectivity index (χ3n) is 2.22. The summed E-state index contributed by atoms with van der Waals surface area (Å²) >= 11 is 5.61. The zero-order chi connectivity index (χ0) is 14.6. The van der Waals surface area contributed by atoms with Crippen molar-refractivity contribution in [3.63, 3.8) is 0 Å². The van der Waals surface area contributed by atoms with Crippen molar-refractivity contribution in [2.75, 3.05) is 0 Å². The summed E-state index contributed by atoms with van der Waals surface area (Å²) in [7, 11) is 0. The van der Waals surface area contributed by atoms with E-state index in [1.807, 2.05) is 13.8 Å². The van der Waals surface area contributed by atoms with Crippen LogP contribution < -0.4 is 5.32 Å². The van der Waals surface area contributed by atoms with Crippen LogP contribution in [-0.2, 0) is 10.6 Å². The second-order valence-electron chi connectivity index (χ2n) is 5.55. The average molecular weight is 290 g/mol. The second kappa shape index (κ2) is 6.23. The van der Waals surface area contributed by atoms with Gasteiger partial charge < -0.3 is 14.6 Å². The molecule has 0 unspecified atom stereocenters. The molecule has 1 atom stereocenters. The van der Waals surface area contributed by atoms with Crippen molar-refractivity contribution in [1.29, 1.82) is 0 Å². The molecule has 7 heteroatoms. The van der Waals surface area contributed by atoms with Gasteiger partial charge in [-0.25, -0.2) is 4.79 Å². The van der Waals surface area contributed by atoms with Crippen molar-refractivity contribution >= 4 is 17.7 Å². The Labute approximate surface area is 117 Å². The van der Waals surface area contributed by atoms with Crippen molar-refractivity contribution in [2.45, 2.75) is 52.1 Å². The standard InChI is InChI=1S/C12H20ClN3O3/c1-7(2)9(10-14-8(6-13)19-16-10)15-11(17)18-12(3,4)5/h7,9H,6H2,1-5H3,(H,15,17)/t9-/m0/s1. The van der Waals surface area contributed by atoms with Gasteiger partial charge in [-0.15, -0.1) is 11.6 Å². The quantitative estimate of drug-likeness (QED) is 0.862. The zero-order valence-electron chi connectivity index (χ0n) is 11.9. The number of halogens is 1. The van der Waals surface area contributed by atoms with Gasteiger partial charge in [0.15, 0.2) is 5.82 Å². The van der Waals surface area contributed by atoms with E-state index in [1.54, 1.807) is 20.8 Å². The minimum Gasteiger partial charge on any atom is -0.444 e. The first kappa shape index (κ1) is 15.8. The van der Waals surface area contributed by atoms with E-state index in [0.717, 1.165) is 0 Å². The van der Waals surface area contributed by atoms with E-state index in [4.69, 9.17) is 20.9 Å². The van der Waals surface area contributed by atoms with E-state index < -0.39 is 11.7 Å². The highest BCUT2D eigenvalue weighted by molar-refractivity contribution is 6.16. The van der Waals surface area contributed by atoms with Crippen LogP contribution in [0.25, 0.3) is 0 Å². The Morgan fingerprint density at radius 1 is 1.47 bits per heavy atom. The van der Waals surface area contributed by atoms with Crippen LogP contribution >= 0.6 is 11.6 Å². The SMILES string of the molecule is CC(C)[C@H](NC(=O)OC(C)(C)C)c1noc(CCl)n1. The molecule has 0 radical (unpaired) electrons. The zero-order valence-corrected chi connectivity index (χ0v) is 12.6. The molecule has 0 aromatic carbocycles. The van der Waals surface area contributed by atoms with Gasteiger partial charge in [-0.3, -0.25) is 0 Å². The number of hydrogen-bond acceptors (Lipinski definition) is 5. The molecule has 1 heterocycles. The predicted octanol–water partition coefficient (Wildman–Crippen LogP) is 3.03. The first-order chi connectivity index (χ1) is 8.73. The Morgan fingerprint density at radius 2 is 2.11 bits per heavy atom. The van der Waals surface area contributed by atoms with Gasteiger partial charge in [0.2, 0.25) is 5.89 Å². The number of alkyl carbamates (subject to hydrolysis) is 1. The largest absolute Gasteiger partial charge is 0.444 e. The van der Waals surface area contributed by atoms with E-state index in [9.17, 15) is 4.79 Å². The molecule has 1 aromatic rings. The van der Waals surface area contributed by atoms with Crippen molar-refractivity contribution < 1.29 is 14.1 Å². The van der Waals surface area contributed by atoms with Crippen LogP contribution in [-0.4, -0.2) is 21.8 Å². The third-order valence-corrected chi connectivity index (χ3v) is 2.44. The topological polar surface area (TPSA) is 77.2 Å². The molecule has 0 saturated carbocycles. The first-order valence-corrected chi connectivity index (χ1v) is 6.64. The lowest BCUT2D eigenvalue weighted by atomic mass is 10.0. The molecule has 0 spiro atoms. The summed E-state index contributed by atoms with van der Waals surface area (Å²) in [4.78, 5) is 15.9. The molecule has 0 aliphatic carbocycles. The van der Waals surface area contributed by atoms with Crippen LogP contribution in [0.4, 0.5) is 4.79 Å². The van der Waals surface area contributed by atoms with Crippen molar-refractivity contribution in [1.82, 2.24) is 15.5 Å². The van der Waals surface area contributed by atoms with Gasteiger partial charge in [-0.05, 0) is 26.7 Å². The fraction of sp³-hybridized carbons (Fsp3) is 0.750. The van der Waals surface area contributed by atoms with Gasteiger partial charge in [0.05, 0.1) is 6.04 Å². The highest BCUT2D eigenvalue weighted by Crippen LogP contribution is 2.20. The van der Waals surface area contributed by atoms with Gasteiger partial charge in [0, 0.05) is 0 Å². The highest BCUT2D eigenvalue weighted by atomic mass is 35.5. The molecule has 1 aromatic heterocycles. The molecule has 6 nitrogen and oxygen atoms in total. The molecule has 19 heavy (non-hydrogen) atoms. The molecule has 0 aliphatic heterocycles. The summed E-state index contributed by atoms with van der Waals surface area (Å²) in [6, 6.07) is -0.379. The van der Waals surface area contributed by atoms with Crippen molar-refractivity contribution in [3.05, 3.63) is 11.7 Å². The van der Waals surface area contributed by atoms with Crippen LogP contribution in [0.15, 0.2) is 4.52 Å². The summed E-state index contributed by atoms with van der Waals surface area (Å²) in [5, 5.41) is 6.55. The Bertz CT molecular complexity index is 426. The number of ether oxygens (including phenoxy) is 1. The molecule has 0 aliphatic rings. The number of amides is 1. The van der Waals surface area contributed by atoms with Crippen molar-refractivity contribution in [2.24, 2.45) is 5.92 Å². The highest BCUT2D eigenvalue weighted by Gasteiger charge is 2.26. The fourth-order valence-corrected chi connectivity index (χ4v) is 1.52.